The normalized spacial score (nSPS) is 17.8. The lowest BCUT2D eigenvalue weighted by molar-refractivity contribution is 0.591. The minimum atomic E-state index is -1.26. The third kappa shape index (κ3) is 11.6. The van der Waals surface area contributed by atoms with E-state index in [4.69, 9.17) is 13.7 Å². The Bertz CT molecular complexity index is 14200. The van der Waals surface area contributed by atoms with Crippen LogP contribution >= 0.6 is 22.7 Å². The number of nitriles is 2. The largest absolute Gasteiger partial charge is 0.318 e. The first-order valence-electron chi connectivity index (χ1n) is 73.7. The molecule has 0 radical (unpaired) electrons. The smallest absolute Gasteiger partial charge is 0.237 e. The molecule has 146 heavy (non-hydrogen) atoms. The van der Waals surface area contributed by atoms with Crippen molar-refractivity contribution in [2.45, 2.75) is 52.4 Å². The molecule has 30 aromatic rings. The van der Waals surface area contributed by atoms with E-state index in [0.29, 0.717) is 45.9 Å². The fraction of sp³-hybridized carbons (Fsp3) is 0.0606. The summed E-state index contributed by atoms with van der Waals surface area (Å²) in [5, 5.41) is 18.1. The van der Waals surface area contributed by atoms with Crippen molar-refractivity contribution >= 4 is 249 Å². The van der Waals surface area contributed by atoms with Gasteiger partial charge in [-0.05, 0) is 131 Å². The molecule has 0 aliphatic carbocycles. The summed E-state index contributed by atoms with van der Waals surface area (Å²) in [6.07, 6.45) is 0. The maximum atomic E-state index is 13.0. The van der Waals surface area contributed by atoms with Gasteiger partial charge in [0.1, 0.15) is 12.1 Å². The number of nitrogens with zero attached hydrogens (tertiary/aromatic N) is 12. The predicted molar refractivity (Wildman–Crippen MR) is 613 cm³/mol. The molecule has 0 aliphatic rings. The molecule has 10 aromatic heterocycles. The molecule has 0 N–H and O–H groups in total. The van der Waals surface area contributed by atoms with Crippen molar-refractivity contribution in [3.05, 3.63) is 444 Å². The van der Waals surface area contributed by atoms with E-state index in [0.717, 1.165) is 39.5 Å². The highest BCUT2D eigenvalue weighted by molar-refractivity contribution is 7.27. The van der Waals surface area contributed by atoms with E-state index in [9.17, 15) is 89.5 Å². The summed E-state index contributed by atoms with van der Waals surface area (Å²) in [7, 11) is 0. The highest BCUT2D eigenvalue weighted by Gasteiger charge is 2.40. The van der Waals surface area contributed by atoms with Crippen LogP contribution in [0.1, 0.15) is 143 Å². The number of thiophene rings is 2. The van der Waals surface area contributed by atoms with Gasteiger partial charge in [0.2, 0.25) is 11.4 Å². The van der Waals surface area contributed by atoms with E-state index in [-0.39, 0.29) is 15.7 Å². The molecule has 0 saturated carbocycles. The number of fused-ring (bicyclic) bond motifs is 32. The Hall–Kier alpha value is -18.8. The zero-order valence-electron chi connectivity index (χ0n) is 134. The van der Waals surface area contributed by atoms with Crippen molar-refractivity contribution in [2.75, 3.05) is 0 Å². The molecule has 0 fully saturated rings. The van der Waals surface area contributed by atoms with Gasteiger partial charge in [0.05, 0.1) is 247 Å². The lowest BCUT2D eigenvalue weighted by Gasteiger charge is -2.28. The van der Waals surface area contributed by atoms with Crippen LogP contribution in [0.3, 0.4) is 0 Å². The third-order valence-electron chi connectivity index (χ3n) is 26.7. The number of para-hydroxylation sites is 13. The van der Waals surface area contributed by atoms with Gasteiger partial charge in [-0.3, -0.25) is 0 Å². The molecule has 684 valence electrons. The van der Waals surface area contributed by atoms with Crippen LogP contribution in [0.5, 0.6) is 0 Å². The molecule has 0 saturated heterocycles. The SMILES string of the molecule is [2H]c1c([2H])c([2H])c2c(c1[2H])c1c([2H])c([2H])c([2H])c([2H])c1n2-c1c(C#N)c(-n2c3c([2H])c([2H])c([2H])c([2H])c3c3c([2H])c([2H])c([2H])c([2H])c32)c(-n2c3ccc(C(C)(C)C)cc3c3cc(C(C)(C)C)c4c5ccccc5sc4c32)c(-n2c3c([2H])c([2H])c([2H])c([2H])c3c3c([2H])c([2H])c([2H])c([2H])c32)c1[N+]#[C-].[2H]c1c([2H])c([2H])c2c(sc3c2c([2H])c([2H])c2c4c([2H])c([2H])c([2H])c([2H])c4n(-c4c(-n5c6c([2H])c([2H])c([2H])c([2H])c6c6c([2H])c([2H])c([2H])c([2H])c65)c(C#N)c(-n5c6c([2H])c([2H])c([2H])c([2H])c6c6c([2H])c([2H])c([2H])c([2H])c65)c([N+]#[C-])c4-n4c5c([2H])c([2H])c([2H])c([2H])c5c5c([2H])c([2H])c([2H])c([2H])c54)c32)c1[2H]. The first kappa shape index (κ1) is 44.6. The molecule has 20 aromatic carbocycles. The van der Waals surface area contributed by atoms with E-state index in [1.165, 1.54) is 11.3 Å². The second kappa shape index (κ2) is 31.3. The van der Waals surface area contributed by atoms with Gasteiger partial charge in [0.25, 0.3) is 0 Å². The summed E-state index contributed by atoms with van der Waals surface area (Å²) in [6, 6.07) is -37.9. The van der Waals surface area contributed by atoms with Crippen molar-refractivity contribution in [3.63, 3.8) is 0 Å². The maximum absolute atomic E-state index is 13.0. The first-order valence-corrected chi connectivity index (χ1v) is 46.3. The minimum Gasteiger partial charge on any atom is -0.318 e. The number of rotatable bonds is 8. The average molecular weight is 1960 g/mol. The van der Waals surface area contributed by atoms with Crippen LogP contribution < -0.4 is 0 Å². The summed E-state index contributed by atoms with van der Waals surface area (Å²) in [6.45, 7) is 31.8. The summed E-state index contributed by atoms with van der Waals surface area (Å²) in [4.78, 5) is 8.33. The van der Waals surface area contributed by atoms with Crippen LogP contribution in [-0.4, -0.2) is 36.5 Å². The molecular formula is C132H84N12S2. The fourth-order valence-electron chi connectivity index (χ4n) is 20.8. The van der Waals surface area contributed by atoms with Gasteiger partial charge in [-0.2, -0.15) is 10.5 Å². The molecule has 0 spiro atoms. The molecule has 14 heteroatoms. The van der Waals surface area contributed by atoms with Crippen LogP contribution in [0.25, 0.3) is 270 Å². The molecular weight excluding hydrogens is 1820 g/mol. The summed E-state index contributed by atoms with van der Waals surface area (Å²) >= 11 is 1.80. The number of benzene rings is 20. The Morgan fingerprint density at radius 3 is 0.877 bits per heavy atom. The second-order valence-corrected chi connectivity index (χ2v) is 38.2. The van der Waals surface area contributed by atoms with E-state index >= 15 is 0 Å². The molecule has 30 rings (SSSR count). The zero-order valence-corrected chi connectivity index (χ0v) is 77.4. The monoisotopic (exact) mass is 1960 g/mol. The van der Waals surface area contributed by atoms with Gasteiger partial charge in [-0.25, -0.2) is 9.69 Å². The number of aromatic nitrogens is 8. The van der Waals surface area contributed by atoms with Crippen molar-refractivity contribution in [1.82, 2.24) is 36.5 Å². The molecule has 12 nitrogen and oxygen atoms in total. The van der Waals surface area contributed by atoms with Crippen molar-refractivity contribution < 1.29 is 79.5 Å². The van der Waals surface area contributed by atoms with Gasteiger partial charge in [-0.15, -0.1) is 22.7 Å². The fourth-order valence-corrected chi connectivity index (χ4v) is 23.2. The van der Waals surface area contributed by atoms with Crippen LogP contribution in [0, 0.1) is 35.8 Å². The van der Waals surface area contributed by atoms with E-state index < -0.39 is 597 Å². The average Bonchev–Trinajstić information content (AvgIpc) is 1.49. The van der Waals surface area contributed by atoms with E-state index in [2.05, 4.69) is 15.8 Å². The Morgan fingerprint density at radius 1 is 0.247 bits per heavy atom. The topological polar surface area (TPSA) is 95.7 Å². The highest BCUT2D eigenvalue weighted by Crippen LogP contribution is 2.59. The van der Waals surface area contributed by atoms with Gasteiger partial charge in [0.15, 0.2) is 0 Å². The molecule has 0 amide bonds. The third-order valence-corrected chi connectivity index (χ3v) is 29.0. The standard InChI is InChI=1S/C70H50N6S.C62H34N6S/c1-69(2,3)41-36-37-59-49(38-41)50-39-52(70(4,5)6)61-48-28-14-21-35-60(48)77-68(61)65(50)76(59)67-64(74-55-31-17-10-24-44(55)45-25-11-18-32-56(45)74)51(40-71)63(73-53-29-15-8-22-42(53)43-23-9-16-30-54(43)73)62(72-7)66(67)75-57-33-19-12-26-46(57)47-27-13-20-34-58(47)75;1-64-56-57(65-48-26-10-2-18-37(48)38-19-3-11-27-49(38)65)47(36-63)58(66-50-28-12-4-20-39(50)40-21-5-13-29-51(40)66)61(60(56)67-52-30-14-6-22-41(52)42-23-7-15-31-53(42)67)68-54-32-16-8-24-43(54)45-34-35-46-44-25-9-17-33-55(44)69-62(46)59(45)68/h8-39H,1-6H3;2-35H/i8D,9D,10D,11D,12D,13D,15D,16D,17D,18D,19D,20D,22D,23D,24D,25D,26D,27D,29D,30D,31D,32D,33D,34D;2D,3D,4D,5D,6D,7D,8D,9D,10D,11D,12D,13D,14D,15D,16D,17D,18D,19D,20D,21D,22D,23D,24D,25D,26D,27D,28D,29D,30D,31D,32D,33D,34D,35D. The Balaban J connectivity index is 0.000000176. The van der Waals surface area contributed by atoms with Crippen molar-refractivity contribution in [3.8, 4) is 57.6 Å². The lowest BCUT2D eigenvalue weighted by Crippen LogP contribution is -2.15. The van der Waals surface area contributed by atoms with Crippen LogP contribution in [0.2, 0.25) is 0 Å². The van der Waals surface area contributed by atoms with Gasteiger partial charge in [0, 0.05) is 117 Å². The Labute approximate surface area is 926 Å². The Kier molecular flexibility index (Phi) is 9.57. The molecule has 0 bridgehead atoms. The lowest BCUT2D eigenvalue weighted by atomic mass is 9.82. The summed E-state index contributed by atoms with van der Waals surface area (Å²) < 4.78 is 560. The minimum absolute atomic E-state index is 0.210. The van der Waals surface area contributed by atoms with Crippen LogP contribution in [0.15, 0.2) is 399 Å². The van der Waals surface area contributed by atoms with Gasteiger partial charge < -0.3 is 36.5 Å². The predicted octanol–water partition coefficient (Wildman–Crippen LogP) is 36.3. The van der Waals surface area contributed by atoms with Crippen molar-refractivity contribution in [2.24, 2.45) is 0 Å². The van der Waals surface area contributed by atoms with E-state index in [1.54, 1.807) is 10.6 Å². The second-order valence-electron chi connectivity index (χ2n) is 36.1. The van der Waals surface area contributed by atoms with E-state index in [1.807, 2.05) is 90.1 Å². The molecule has 0 atom stereocenters. The molecule has 0 aliphatic heterocycles. The molecule has 0 unspecified atom stereocenters. The first-order chi connectivity index (χ1) is 95.8. The number of hydrogen-bond acceptors (Lipinski definition) is 4. The quantitative estimate of drug-likeness (QED) is 0.142. The van der Waals surface area contributed by atoms with Crippen LogP contribution in [0.4, 0.5) is 11.4 Å². The van der Waals surface area contributed by atoms with Gasteiger partial charge in [-0.1, -0.05) is 332 Å². The summed E-state index contributed by atoms with van der Waals surface area (Å²) in [5.74, 6) is 0. The maximum Gasteiger partial charge on any atom is 0.237 e. The van der Waals surface area contributed by atoms with Gasteiger partial charge >= 0.3 is 0 Å². The van der Waals surface area contributed by atoms with Crippen molar-refractivity contribution in [1.29, 1.82) is 10.5 Å². The summed E-state index contributed by atoms with van der Waals surface area (Å²) in [5.41, 5.74) is -22.0. The molecule has 10 heterocycles. The zero-order chi connectivity index (χ0) is 148. The Morgan fingerprint density at radius 2 is 0.534 bits per heavy atom. The highest BCUT2D eigenvalue weighted by atomic mass is 32.1. The van der Waals surface area contributed by atoms with Crippen LogP contribution in [-0.2, 0) is 10.8 Å². The number of hydrogen-bond donors (Lipinski definition) is 0.